The highest BCUT2D eigenvalue weighted by molar-refractivity contribution is 6.31. The molecule has 0 aliphatic rings. The van der Waals surface area contributed by atoms with Crippen molar-refractivity contribution in [2.75, 3.05) is 12.4 Å². The van der Waals surface area contributed by atoms with Crippen LogP contribution in [0.2, 0.25) is 5.02 Å². The summed E-state index contributed by atoms with van der Waals surface area (Å²) >= 11 is 6.18. The van der Waals surface area contributed by atoms with E-state index < -0.39 is 0 Å². The zero-order valence-electron chi connectivity index (χ0n) is 16.1. The predicted molar refractivity (Wildman–Crippen MR) is 107 cm³/mol. The predicted octanol–water partition coefficient (Wildman–Crippen LogP) is 2.55. The van der Waals surface area contributed by atoms with E-state index in [2.05, 4.69) is 20.8 Å². The van der Waals surface area contributed by atoms with Crippen LogP contribution in [-0.2, 0) is 13.6 Å². The van der Waals surface area contributed by atoms with Crippen molar-refractivity contribution in [3.05, 3.63) is 63.7 Å². The van der Waals surface area contributed by atoms with Crippen LogP contribution in [0.15, 0.2) is 30.5 Å². The van der Waals surface area contributed by atoms with Crippen molar-refractivity contribution in [2.45, 2.75) is 20.4 Å². The lowest BCUT2D eigenvalue weighted by Gasteiger charge is -2.07. The van der Waals surface area contributed by atoms with E-state index in [9.17, 15) is 9.59 Å². The van der Waals surface area contributed by atoms with Crippen LogP contribution in [0.5, 0.6) is 0 Å². The molecule has 146 valence electrons. The molecule has 3 aromatic rings. The third-order valence-corrected chi connectivity index (χ3v) is 4.91. The first-order valence-corrected chi connectivity index (χ1v) is 9.03. The molecule has 0 fully saturated rings. The van der Waals surface area contributed by atoms with Gasteiger partial charge in [-0.25, -0.2) is 0 Å². The number of aryl methyl sites for hydroxylation is 2. The number of benzene rings is 1. The van der Waals surface area contributed by atoms with E-state index in [1.807, 2.05) is 30.7 Å². The van der Waals surface area contributed by atoms with Gasteiger partial charge in [0.05, 0.1) is 28.6 Å². The molecule has 2 N–H and O–H groups in total. The first-order valence-electron chi connectivity index (χ1n) is 8.65. The van der Waals surface area contributed by atoms with Gasteiger partial charge < -0.3 is 10.6 Å². The molecule has 1 aromatic carbocycles. The van der Waals surface area contributed by atoms with Gasteiger partial charge in [0.2, 0.25) is 0 Å². The number of hydrogen-bond donors (Lipinski definition) is 2. The van der Waals surface area contributed by atoms with Gasteiger partial charge in [0.1, 0.15) is 0 Å². The number of carbonyl (C=O) groups excluding carboxylic acids is 2. The highest BCUT2D eigenvalue weighted by Gasteiger charge is 2.17. The van der Waals surface area contributed by atoms with Crippen LogP contribution >= 0.6 is 11.6 Å². The minimum absolute atomic E-state index is 0.163. The van der Waals surface area contributed by atoms with Crippen LogP contribution in [0.1, 0.15) is 37.8 Å². The second kappa shape index (κ2) is 7.85. The molecule has 0 bridgehead atoms. The molecule has 0 saturated heterocycles. The summed E-state index contributed by atoms with van der Waals surface area (Å²) < 4.78 is 3.31. The molecule has 0 unspecified atom stereocenters. The van der Waals surface area contributed by atoms with Gasteiger partial charge in [0.25, 0.3) is 11.8 Å². The first kappa shape index (κ1) is 19.6. The zero-order chi connectivity index (χ0) is 20.4. The summed E-state index contributed by atoms with van der Waals surface area (Å²) in [4.78, 5) is 24.4. The molecule has 0 aliphatic heterocycles. The van der Waals surface area contributed by atoms with Gasteiger partial charge in [0.15, 0.2) is 5.69 Å². The summed E-state index contributed by atoms with van der Waals surface area (Å²) in [5, 5.41) is 14.4. The fourth-order valence-corrected chi connectivity index (χ4v) is 2.96. The SMILES string of the molecule is CNC(=O)c1nn(C)cc1NC(=O)c1ccc(Cn2nc(C)c(Cl)c2C)cc1. The Labute approximate surface area is 167 Å². The Morgan fingerprint density at radius 1 is 1.11 bits per heavy atom. The Balaban J connectivity index is 1.74. The number of anilines is 1. The Bertz CT molecular complexity index is 1040. The van der Waals surface area contributed by atoms with Crippen LogP contribution < -0.4 is 10.6 Å². The number of carbonyl (C=O) groups is 2. The average molecular weight is 401 g/mol. The van der Waals surface area contributed by atoms with Gasteiger partial charge in [-0.05, 0) is 31.5 Å². The third kappa shape index (κ3) is 3.91. The van der Waals surface area contributed by atoms with Gasteiger partial charge >= 0.3 is 0 Å². The second-order valence-electron chi connectivity index (χ2n) is 6.44. The lowest BCUT2D eigenvalue weighted by Crippen LogP contribution is -2.21. The second-order valence-corrected chi connectivity index (χ2v) is 6.82. The van der Waals surface area contributed by atoms with E-state index >= 15 is 0 Å². The number of rotatable bonds is 5. The van der Waals surface area contributed by atoms with Crippen LogP contribution in [0.25, 0.3) is 0 Å². The molecular formula is C19H21ClN6O2. The molecule has 0 atom stereocenters. The molecule has 28 heavy (non-hydrogen) atoms. The molecule has 9 heteroatoms. The minimum atomic E-state index is -0.366. The van der Waals surface area contributed by atoms with Gasteiger partial charge in [-0.2, -0.15) is 10.2 Å². The fraction of sp³-hybridized carbons (Fsp3) is 0.263. The highest BCUT2D eigenvalue weighted by atomic mass is 35.5. The quantitative estimate of drug-likeness (QED) is 0.688. The summed E-state index contributed by atoms with van der Waals surface area (Å²) in [5.41, 5.74) is 3.68. The average Bonchev–Trinajstić information content (AvgIpc) is 3.16. The Morgan fingerprint density at radius 2 is 1.79 bits per heavy atom. The smallest absolute Gasteiger partial charge is 0.273 e. The van der Waals surface area contributed by atoms with Gasteiger partial charge in [0, 0.05) is 25.9 Å². The molecule has 8 nitrogen and oxygen atoms in total. The maximum Gasteiger partial charge on any atom is 0.273 e. The largest absolute Gasteiger partial charge is 0.354 e. The number of halogens is 1. The summed E-state index contributed by atoms with van der Waals surface area (Å²) in [6, 6.07) is 7.19. The van der Waals surface area contributed by atoms with Crippen molar-refractivity contribution >= 4 is 29.1 Å². The van der Waals surface area contributed by atoms with Crippen molar-refractivity contribution in [2.24, 2.45) is 7.05 Å². The normalized spacial score (nSPS) is 10.8. The number of nitrogens with zero attached hydrogens (tertiary/aromatic N) is 4. The number of aromatic nitrogens is 4. The summed E-state index contributed by atoms with van der Waals surface area (Å²) in [6.45, 7) is 4.34. The number of amides is 2. The molecule has 2 amide bonds. The molecule has 0 aliphatic carbocycles. The zero-order valence-corrected chi connectivity index (χ0v) is 16.8. The van der Waals surface area contributed by atoms with Crippen molar-refractivity contribution < 1.29 is 9.59 Å². The highest BCUT2D eigenvalue weighted by Crippen LogP contribution is 2.20. The topological polar surface area (TPSA) is 93.8 Å². The van der Waals surface area contributed by atoms with Crippen LogP contribution in [0.3, 0.4) is 0 Å². The van der Waals surface area contributed by atoms with E-state index in [0.29, 0.717) is 22.8 Å². The van der Waals surface area contributed by atoms with Crippen LogP contribution in [0, 0.1) is 13.8 Å². The summed E-state index contributed by atoms with van der Waals surface area (Å²) in [6.07, 6.45) is 1.59. The molecule has 3 rings (SSSR count). The Hall–Kier alpha value is -3.13. The summed E-state index contributed by atoms with van der Waals surface area (Å²) in [5.74, 6) is -0.686. The Morgan fingerprint density at radius 3 is 2.36 bits per heavy atom. The first-order chi connectivity index (χ1) is 13.3. The van der Waals surface area contributed by atoms with Crippen molar-refractivity contribution in [3.8, 4) is 0 Å². The van der Waals surface area contributed by atoms with Crippen molar-refractivity contribution in [3.63, 3.8) is 0 Å². The van der Waals surface area contributed by atoms with Gasteiger partial charge in [-0.15, -0.1) is 0 Å². The van der Waals surface area contributed by atoms with E-state index in [4.69, 9.17) is 11.6 Å². The molecule has 0 saturated carbocycles. The van der Waals surface area contributed by atoms with E-state index in [-0.39, 0.29) is 17.5 Å². The van der Waals surface area contributed by atoms with E-state index in [0.717, 1.165) is 17.0 Å². The monoisotopic (exact) mass is 400 g/mol. The Kier molecular flexibility index (Phi) is 5.51. The van der Waals surface area contributed by atoms with E-state index in [1.165, 1.54) is 11.7 Å². The number of hydrogen-bond acceptors (Lipinski definition) is 4. The molecule has 0 radical (unpaired) electrons. The molecule has 2 heterocycles. The third-order valence-electron chi connectivity index (χ3n) is 4.36. The van der Waals surface area contributed by atoms with E-state index in [1.54, 1.807) is 25.4 Å². The molecular weight excluding hydrogens is 380 g/mol. The lowest BCUT2D eigenvalue weighted by atomic mass is 10.1. The minimum Gasteiger partial charge on any atom is -0.354 e. The van der Waals surface area contributed by atoms with Crippen LogP contribution in [-0.4, -0.2) is 38.4 Å². The van der Waals surface area contributed by atoms with Gasteiger partial charge in [-0.1, -0.05) is 23.7 Å². The standard InChI is InChI=1S/C19H21ClN6O2/c1-11-16(20)12(2)26(23-11)9-13-5-7-14(8-6-13)18(27)22-15-10-25(4)24-17(15)19(28)21-3/h5-8,10H,9H2,1-4H3,(H,21,28)(H,22,27). The van der Waals surface area contributed by atoms with Crippen molar-refractivity contribution in [1.29, 1.82) is 0 Å². The van der Waals surface area contributed by atoms with Gasteiger partial charge in [-0.3, -0.25) is 19.0 Å². The van der Waals surface area contributed by atoms with Crippen LogP contribution in [0.4, 0.5) is 5.69 Å². The maximum absolute atomic E-state index is 12.5. The fourth-order valence-electron chi connectivity index (χ4n) is 2.82. The number of nitrogens with one attached hydrogen (secondary N) is 2. The maximum atomic E-state index is 12.5. The summed E-state index contributed by atoms with van der Waals surface area (Å²) in [7, 11) is 3.19. The lowest BCUT2D eigenvalue weighted by molar-refractivity contribution is 0.0958. The molecule has 0 spiro atoms. The molecule has 2 aromatic heterocycles. The van der Waals surface area contributed by atoms with Crippen molar-refractivity contribution in [1.82, 2.24) is 24.9 Å².